The van der Waals surface area contributed by atoms with E-state index in [0.29, 0.717) is 28.9 Å². The highest BCUT2D eigenvalue weighted by molar-refractivity contribution is 6.33. The topological polar surface area (TPSA) is 70.2 Å². The molecule has 0 bridgehead atoms. The fourth-order valence-electron chi connectivity index (χ4n) is 2.43. The summed E-state index contributed by atoms with van der Waals surface area (Å²) in [6, 6.07) is 5.56. The molecule has 1 aromatic carbocycles. The van der Waals surface area contributed by atoms with Gasteiger partial charge in [0.15, 0.2) is 0 Å². The predicted octanol–water partition coefficient (Wildman–Crippen LogP) is 3.09. The van der Waals surface area contributed by atoms with Gasteiger partial charge in [-0.3, -0.25) is 4.79 Å². The maximum absolute atomic E-state index is 12.3. The Morgan fingerprint density at radius 3 is 2.52 bits per heavy atom. The Labute approximate surface area is 153 Å². The van der Waals surface area contributed by atoms with Crippen LogP contribution in [0.1, 0.15) is 27.4 Å². The van der Waals surface area contributed by atoms with Gasteiger partial charge in [0, 0.05) is 19.2 Å². The van der Waals surface area contributed by atoms with E-state index in [1.165, 1.54) is 0 Å². The lowest BCUT2D eigenvalue weighted by atomic mass is 10.1. The summed E-state index contributed by atoms with van der Waals surface area (Å²) in [5.74, 6) is 0.838. The third-order valence-electron chi connectivity index (χ3n) is 3.60. The van der Waals surface area contributed by atoms with Gasteiger partial charge >= 0.3 is 0 Å². The van der Waals surface area contributed by atoms with Crippen LogP contribution in [0.15, 0.2) is 18.2 Å². The Morgan fingerprint density at radius 1 is 1.16 bits per heavy atom. The highest BCUT2D eigenvalue weighted by Crippen LogP contribution is 2.29. The van der Waals surface area contributed by atoms with Crippen LogP contribution in [-0.2, 0) is 0 Å². The lowest BCUT2D eigenvalue weighted by molar-refractivity contribution is 0.0945. The first-order chi connectivity index (χ1) is 11.8. The van der Waals surface area contributed by atoms with Crippen molar-refractivity contribution in [2.24, 2.45) is 0 Å². The molecule has 0 spiro atoms. The van der Waals surface area contributed by atoms with Crippen LogP contribution >= 0.6 is 11.6 Å². The van der Waals surface area contributed by atoms with Crippen molar-refractivity contribution in [3.63, 3.8) is 0 Å². The van der Waals surface area contributed by atoms with E-state index in [0.717, 1.165) is 23.4 Å². The molecule has 0 aliphatic carbocycles. The summed E-state index contributed by atoms with van der Waals surface area (Å²) >= 11 is 6.34. The van der Waals surface area contributed by atoms with Crippen LogP contribution in [0.4, 0.5) is 11.5 Å². The minimum absolute atomic E-state index is 0.220. The number of likely N-dealkylation sites (N-methyl/N-ethyl adjacent to an activating group) is 1. The number of hydrogen-bond donors (Lipinski definition) is 2. The molecular weight excluding hydrogens is 338 g/mol. The standard InChI is InChI=1S/C18H24ClN5O/c1-11-8-12(2)17(14(19)9-11)23-16-10-15(21-13(3)22-16)18(25)20-6-7-24(4)5/h8-10H,6-7H2,1-5H3,(H,20,25)(H,21,22,23). The smallest absolute Gasteiger partial charge is 0.270 e. The van der Waals surface area contributed by atoms with Crippen LogP contribution in [0.5, 0.6) is 0 Å². The van der Waals surface area contributed by atoms with Crippen molar-refractivity contribution in [1.29, 1.82) is 0 Å². The van der Waals surface area contributed by atoms with Crippen LogP contribution < -0.4 is 10.6 Å². The number of nitrogens with zero attached hydrogens (tertiary/aromatic N) is 3. The zero-order valence-corrected chi connectivity index (χ0v) is 16.0. The summed E-state index contributed by atoms with van der Waals surface area (Å²) in [6.45, 7) is 7.04. The summed E-state index contributed by atoms with van der Waals surface area (Å²) in [4.78, 5) is 22.9. The number of amides is 1. The first-order valence-corrected chi connectivity index (χ1v) is 8.46. The minimum atomic E-state index is -0.220. The molecule has 1 aromatic heterocycles. The molecule has 0 atom stereocenters. The lowest BCUT2D eigenvalue weighted by Gasteiger charge is -2.14. The molecule has 0 aliphatic heterocycles. The van der Waals surface area contributed by atoms with Crippen molar-refractivity contribution in [2.75, 3.05) is 32.5 Å². The van der Waals surface area contributed by atoms with Crippen LogP contribution in [-0.4, -0.2) is 48.0 Å². The number of benzene rings is 1. The Balaban J connectivity index is 2.20. The van der Waals surface area contributed by atoms with Crippen molar-refractivity contribution >= 4 is 29.0 Å². The molecule has 0 fully saturated rings. The molecule has 2 N–H and O–H groups in total. The maximum atomic E-state index is 12.3. The molecule has 134 valence electrons. The van der Waals surface area contributed by atoms with Gasteiger partial charge in [0.2, 0.25) is 0 Å². The molecule has 6 nitrogen and oxygen atoms in total. The number of nitrogens with one attached hydrogen (secondary N) is 2. The van der Waals surface area contributed by atoms with E-state index in [9.17, 15) is 4.79 Å². The average molecular weight is 362 g/mol. The minimum Gasteiger partial charge on any atom is -0.349 e. The lowest BCUT2D eigenvalue weighted by Crippen LogP contribution is -2.32. The molecule has 25 heavy (non-hydrogen) atoms. The SMILES string of the molecule is Cc1cc(C)c(Nc2cc(C(=O)NCCN(C)C)nc(C)n2)c(Cl)c1. The molecule has 1 amide bonds. The summed E-state index contributed by atoms with van der Waals surface area (Å²) in [5, 5.41) is 6.68. The van der Waals surface area contributed by atoms with Crippen LogP contribution in [0.25, 0.3) is 0 Å². The second-order valence-electron chi connectivity index (χ2n) is 6.31. The van der Waals surface area contributed by atoms with E-state index in [1.807, 2.05) is 45.0 Å². The number of carbonyl (C=O) groups is 1. The van der Waals surface area contributed by atoms with Gasteiger partial charge < -0.3 is 15.5 Å². The van der Waals surface area contributed by atoms with Gasteiger partial charge in [0.25, 0.3) is 5.91 Å². The monoisotopic (exact) mass is 361 g/mol. The highest BCUT2D eigenvalue weighted by atomic mass is 35.5. The highest BCUT2D eigenvalue weighted by Gasteiger charge is 2.12. The molecule has 0 aliphatic rings. The van der Waals surface area contributed by atoms with Crippen molar-refractivity contribution in [2.45, 2.75) is 20.8 Å². The molecule has 1 heterocycles. The largest absolute Gasteiger partial charge is 0.349 e. The Kier molecular flexibility index (Phi) is 6.33. The molecule has 0 radical (unpaired) electrons. The number of aromatic nitrogens is 2. The van der Waals surface area contributed by atoms with E-state index >= 15 is 0 Å². The van der Waals surface area contributed by atoms with Crippen molar-refractivity contribution in [3.05, 3.63) is 45.9 Å². The summed E-state index contributed by atoms with van der Waals surface area (Å²) in [7, 11) is 3.91. The van der Waals surface area contributed by atoms with Crippen molar-refractivity contribution < 1.29 is 4.79 Å². The van der Waals surface area contributed by atoms with Gasteiger partial charge in [0.05, 0.1) is 10.7 Å². The molecular formula is C18H24ClN5O. The van der Waals surface area contributed by atoms with E-state index in [4.69, 9.17) is 11.6 Å². The quantitative estimate of drug-likeness (QED) is 0.827. The Morgan fingerprint density at radius 2 is 1.88 bits per heavy atom. The van der Waals surface area contributed by atoms with Crippen molar-refractivity contribution in [1.82, 2.24) is 20.2 Å². The summed E-state index contributed by atoms with van der Waals surface area (Å²) in [5.41, 5.74) is 3.21. The predicted molar refractivity (Wildman–Crippen MR) is 102 cm³/mol. The van der Waals surface area contributed by atoms with E-state index in [1.54, 1.807) is 13.0 Å². The number of carbonyl (C=O) groups excluding carboxylic acids is 1. The van der Waals surface area contributed by atoms with Gasteiger partial charge in [-0.25, -0.2) is 9.97 Å². The van der Waals surface area contributed by atoms with E-state index in [2.05, 4.69) is 20.6 Å². The molecule has 7 heteroatoms. The second kappa shape index (κ2) is 8.27. The van der Waals surface area contributed by atoms with E-state index in [-0.39, 0.29) is 5.91 Å². The molecule has 2 rings (SSSR count). The number of halogens is 1. The Hall–Kier alpha value is -2.18. The molecule has 2 aromatic rings. The number of hydrogen-bond acceptors (Lipinski definition) is 5. The maximum Gasteiger partial charge on any atom is 0.270 e. The normalized spacial score (nSPS) is 10.8. The number of aryl methyl sites for hydroxylation is 3. The summed E-state index contributed by atoms with van der Waals surface area (Å²) in [6.07, 6.45) is 0. The van der Waals surface area contributed by atoms with Crippen LogP contribution in [0, 0.1) is 20.8 Å². The zero-order valence-electron chi connectivity index (χ0n) is 15.3. The third kappa shape index (κ3) is 5.41. The molecule has 0 saturated carbocycles. The Bertz CT molecular complexity index is 753. The average Bonchev–Trinajstić information content (AvgIpc) is 2.49. The summed E-state index contributed by atoms with van der Waals surface area (Å²) < 4.78 is 0. The van der Waals surface area contributed by atoms with Gasteiger partial charge in [-0.15, -0.1) is 0 Å². The first kappa shape index (κ1) is 19.1. The number of anilines is 2. The van der Waals surface area contributed by atoms with Gasteiger partial charge in [-0.1, -0.05) is 17.7 Å². The van der Waals surface area contributed by atoms with Gasteiger partial charge in [-0.2, -0.15) is 0 Å². The van der Waals surface area contributed by atoms with E-state index < -0.39 is 0 Å². The molecule has 0 unspecified atom stereocenters. The second-order valence-corrected chi connectivity index (χ2v) is 6.72. The van der Waals surface area contributed by atoms with Crippen LogP contribution in [0.2, 0.25) is 5.02 Å². The molecule has 0 saturated heterocycles. The van der Waals surface area contributed by atoms with Gasteiger partial charge in [0.1, 0.15) is 17.3 Å². The fraction of sp³-hybridized carbons (Fsp3) is 0.389. The first-order valence-electron chi connectivity index (χ1n) is 8.08. The fourth-order valence-corrected chi connectivity index (χ4v) is 2.80. The van der Waals surface area contributed by atoms with Crippen LogP contribution in [0.3, 0.4) is 0 Å². The zero-order chi connectivity index (χ0) is 18.6. The third-order valence-corrected chi connectivity index (χ3v) is 3.90. The number of rotatable bonds is 6. The van der Waals surface area contributed by atoms with Crippen molar-refractivity contribution in [3.8, 4) is 0 Å². The van der Waals surface area contributed by atoms with Gasteiger partial charge in [-0.05, 0) is 52.1 Å².